The lowest BCUT2D eigenvalue weighted by molar-refractivity contribution is -0.123. The maximum Gasteiger partial charge on any atom is 0.220 e. The molecule has 1 aromatic carbocycles. The molecule has 1 rings (SSSR count). The molecule has 1 aromatic rings. The molecule has 0 unspecified atom stereocenters. The lowest BCUT2D eigenvalue weighted by Gasteiger charge is -2.31. The number of amides is 1. The summed E-state index contributed by atoms with van der Waals surface area (Å²) in [6.07, 6.45) is 4.15. The van der Waals surface area contributed by atoms with Gasteiger partial charge in [0.2, 0.25) is 5.91 Å². The minimum atomic E-state index is -0.221. The van der Waals surface area contributed by atoms with Crippen LogP contribution < -0.4 is 11.1 Å². The van der Waals surface area contributed by atoms with Gasteiger partial charge in [-0.1, -0.05) is 43.7 Å². The van der Waals surface area contributed by atoms with Gasteiger partial charge < -0.3 is 11.1 Å². The molecular formula is C17H28N2O. The number of rotatable bonds is 8. The first kappa shape index (κ1) is 16.7. The van der Waals surface area contributed by atoms with Crippen molar-refractivity contribution < 1.29 is 4.79 Å². The van der Waals surface area contributed by atoms with E-state index in [9.17, 15) is 4.79 Å². The van der Waals surface area contributed by atoms with Crippen LogP contribution in [0.2, 0.25) is 0 Å². The third-order valence-electron chi connectivity index (χ3n) is 4.14. The van der Waals surface area contributed by atoms with Crippen LogP contribution in [0.25, 0.3) is 0 Å². The van der Waals surface area contributed by atoms with Crippen LogP contribution in [0, 0.1) is 6.92 Å². The first-order chi connectivity index (χ1) is 9.55. The third-order valence-corrected chi connectivity index (χ3v) is 4.14. The van der Waals surface area contributed by atoms with E-state index in [1.54, 1.807) is 0 Å². The Bertz CT molecular complexity index is 399. The predicted octanol–water partition coefficient (Wildman–Crippen LogP) is 2.95. The normalized spacial score (nSPS) is 11.4. The van der Waals surface area contributed by atoms with Crippen molar-refractivity contribution in [2.24, 2.45) is 5.73 Å². The second-order valence-electron chi connectivity index (χ2n) is 5.58. The van der Waals surface area contributed by atoms with Gasteiger partial charge in [0.1, 0.15) is 0 Å². The van der Waals surface area contributed by atoms with Crippen LogP contribution in [0.15, 0.2) is 24.3 Å². The van der Waals surface area contributed by atoms with Crippen molar-refractivity contribution in [2.45, 2.75) is 58.4 Å². The van der Waals surface area contributed by atoms with E-state index >= 15 is 0 Å². The largest absolute Gasteiger partial charge is 0.349 e. The van der Waals surface area contributed by atoms with Gasteiger partial charge in [-0.15, -0.1) is 0 Å². The van der Waals surface area contributed by atoms with Crippen LogP contribution in [0.5, 0.6) is 0 Å². The summed E-state index contributed by atoms with van der Waals surface area (Å²) in [4.78, 5) is 12.0. The molecule has 0 heterocycles. The van der Waals surface area contributed by atoms with Gasteiger partial charge in [-0.05, 0) is 38.2 Å². The van der Waals surface area contributed by atoms with Crippen LogP contribution in [0.3, 0.4) is 0 Å². The highest BCUT2D eigenvalue weighted by atomic mass is 16.1. The first-order valence-corrected chi connectivity index (χ1v) is 7.62. The molecule has 0 radical (unpaired) electrons. The zero-order valence-electron chi connectivity index (χ0n) is 13.0. The zero-order chi connectivity index (χ0) is 15.0. The Morgan fingerprint density at radius 1 is 1.20 bits per heavy atom. The van der Waals surface area contributed by atoms with Crippen LogP contribution >= 0.6 is 0 Å². The van der Waals surface area contributed by atoms with Crippen molar-refractivity contribution in [3.05, 3.63) is 35.4 Å². The molecule has 0 spiro atoms. The van der Waals surface area contributed by atoms with Crippen molar-refractivity contribution in [1.29, 1.82) is 0 Å². The summed E-state index contributed by atoms with van der Waals surface area (Å²) >= 11 is 0. The van der Waals surface area contributed by atoms with Crippen LogP contribution in [0.4, 0.5) is 0 Å². The number of aryl methyl sites for hydroxylation is 2. The van der Waals surface area contributed by atoms with Gasteiger partial charge in [0, 0.05) is 13.0 Å². The number of hydrogen-bond donors (Lipinski definition) is 2. The summed E-state index contributed by atoms with van der Waals surface area (Å²) in [6, 6.07) is 8.50. The Balaban J connectivity index is 2.38. The highest BCUT2D eigenvalue weighted by Gasteiger charge is 2.25. The van der Waals surface area contributed by atoms with E-state index in [-0.39, 0.29) is 11.4 Å². The maximum absolute atomic E-state index is 12.0. The minimum Gasteiger partial charge on any atom is -0.349 e. The Morgan fingerprint density at radius 2 is 1.80 bits per heavy atom. The molecule has 0 bridgehead atoms. The lowest BCUT2D eigenvalue weighted by Crippen LogP contribution is -2.52. The van der Waals surface area contributed by atoms with Crippen LogP contribution in [0.1, 0.15) is 50.7 Å². The average molecular weight is 276 g/mol. The van der Waals surface area contributed by atoms with E-state index in [2.05, 4.69) is 50.4 Å². The van der Waals surface area contributed by atoms with E-state index in [1.807, 2.05) is 0 Å². The average Bonchev–Trinajstić information content (AvgIpc) is 2.47. The van der Waals surface area contributed by atoms with Crippen molar-refractivity contribution in [2.75, 3.05) is 6.54 Å². The van der Waals surface area contributed by atoms with Gasteiger partial charge in [-0.25, -0.2) is 0 Å². The van der Waals surface area contributed by atoms with Gasteiger partial charge in [0.05, 0.1) is 5.54 Å². The summed E-state index contributed by atoms with van der Waals surface area (Å²) in [5.74, 6) is 0.117. The molecule has 3 nitrogen and oxygen atoms in total. The summed E-state index contributed by atoms with van der Waals surface area (Å²) in [5.41, 5.74) is 8.13. The van der Waals surface area contributed by atoms with Crippen LogP contribution in [-0.2, 0) is 11.2 Å². The molecule has 3 N–H and O–H groups in total. The van der Waals surface area contributed by atoms with Gasteiger partial charge in [0.15, 0.2) is 0 Å². The fraction of sp³-hybridized carbons (Fsp3) is 0.588. The molecule has 0 aromatic heterocycles. The van der Waals surface area contributed by atoms with E-state index in [4.69, 9.17) is 5.73 Å². The van der Waals surface area contributed by atoms with E-state index in [0.717, 1.165) is 25.7 Å². The first-order valence-electron chi connectivity index (χ1n) is 7.62. The SMILES string of the molecule is CCC(CC)(CN)NC(=O)CCCc1ccc(C)cc1. The number of nitrogens with one attached hydrogen (secondary N) is 1. The molecular weight excluding hydrogens is 248 g/mol. The quantitative estimate of drug-likeness (QED) is 0.767. The summed E-state index contributed by atoms with van der Waals surface area (Å²) in [7, 11) is 0. The third kappa shape index (κ3) is 4.97. The molecule has 0 aliphatic rings. The van der Waals surface area contributed by atoms with Gasteiger partial charge in [0.25, 0.3) is 0 Å². The zero-order valence-corrected chi connectivity index (χ0v) is 13.0. The fourth-order valence-electron chi connectivity index (χ4n) is 2.33. The second kappa shape index (κ2) is 8.05. The highest BCUT2D eigenvalue weighted by molar-refractivity contribution is 5.76. The topological polar surface area (TPSA) is 55.1 Å². The van der Waals surface area contributed by atoms with Crippen molar-refractivity contribution in [3.8, 4) is 0 Å². The monoisotopic (exact) mass is 276 g/mol. The number of carbonyl (C=O) groups excluding carboxylic acids is 1. The number of hydrogen-bond acceptors (Lipinski definition) is 2. The predicted molar refractivity (Wildman–Crippen MR) is 84.6 cm³/mol. The van der Waals surface area contributed by atoms with Crippen LogP contribution in [-0.4, -0.2) is 18.0 Å². The Morgan fingerprint density at radius 3 is 2.30 bits per heavy atom. The van der Waals surface area contributed by atoms with Crippen molar-refractivity contribution in [1.82, 2.24) is 5.32 Å². The Kier molecular flexibility index (Phi) is 6.73. The number of nitrogens with two attached hydrogens (primary N) is 1. The molecule has 0 aliphatic heterocycles. The second-order valence-corrected chi connectivity index (χ2v) is 5.58. The highest BCUT2D eigenvalue weighted by Crippen LogP contribution is 2.14. The van der Waals surface area contributed by atoms with Gasteiger partial charge >= 0.3 is 0 Å². The molecule has 20 heavy (non-hydrogen) atoms. The number of carbonyl (C=O) groups is 1. The van der Waals surface area contributed by atoms with E-state index < -0.39 is 0 Å². The lowest BCUT2D eigenvalue weighted by atomic mass is 9.92. The number of benzene rings is 1. The molecule has 1 amide bonds. The Hall–Kier alpha value is -1.35. The van der Waals surface area contributed by atoms with Gasteiger partial charge in [-0.3, -0.25) is 4.79 Å². The van der Waals surface area contributed by atoms with Crippen molar-refractivity contribution in [3.63, 3.8) is 0 Å². The molecule has 0 aliphatic carbocycles. The van der Waals surface area contributed by atoms with E-state index in [1.165, 1.54) is 11.1 Å². The van der Waals surface area contributed by atoms with Crippen molar-refractivity contribution >= 4 is 5.91 Å². The smallest absolute Gasteiger partial charge is 0.220 e. The summed E-state index contributed by atoms with van der Waals surface area (Å²) in [6.45, 7) is 6.73. The maximum atomic E-state index is 12.0. The minimum absolute atomic E-state index is 0.117. The molecule has 0 saturated carbocycles. The standard InChI is InChI=1S/C17H28N2O/c1-4-17(5-2,13-18)19-16(20)8-6-7-15-11-9-14(3)10-12-15/h9-12H,4-8,13,18H2,1-3H3,(H,19,20). The molecule has 0 fully saturated rings. The fourth-order valence-corrected chi connectivity index (χ4v) is 2.33. The van der Waals surface area contributed by atoms with Gasteiger partial charge in [-0.2, -0.15) is 0 Å². The van der Waals surface area contributed by atoms with E-state index in [0.29, 0.717) is 13.0 Å². The Labute approximate surface area is 122 Å². The molecule has 0 atom stereocenters. The molecule has 0 saturated heterocycles. The molecule has 112 valence electrons. The molecule has 3 heteroatoms. The summed E-state index contributed by atoms with van der Waals surface area (Å²) < 4.78 is 0. The summed E-state index contributed by atoms with van der Waals surface area (Å²) in [5, 5.41) is 3.11.